The number of Topliss-reactive ketones (excluding diaryl/α,β-unsaturated/α-hetero) is 1. The molecule has 1 aromatic carbocycles. The molecule has 0 radical (unpaired) electrons. The lowest BCUT2D eigenvalue weighted by molar-refractivity contribution is 0.0993. The molecule has 5 heteroatoms. The summed E-state index contributed by atoms with van der Waals surface area (Å²) < 4.78 is 1.85. The van der Waals surface area contributed by atoms with E-state index in [0.717, 1.165) is 17.7 Å². The van der Waals surface area contributed by atoms with E-state index in [1.54, 1.807) is 18.2 Å². The van der Waals surface area contributed by atoms with Gasteiger partial charge in [0.05, 0.1) is 11.7 Å². The fourth-order valence-electron chi connectivity index (χ4n) is 3.01. The van der Waals surface area contributed by atoms with Gasteiger partial charge in [0, 0.05) is 23.6 Å². The van der Waals surface area contributed by atoms with Crippen LogP contribution in [0.5, 0.6) is 0 Å². The van der Waals surface area contributed by atoms with E-state index in [2.05, 4.69) is 24.3 Å². The maximum absolute atomic E-state index is 12.7. The number of rotatable bonds is 4. The Hall–Kier alpha value is -2.43. The van der Waals surface area contributed by atoms with Gasteiger partial charge in [0.25, 0.3) is 5.91 Å². The number of nitrogens with zero attached hydrogens (tertiary/aromatic N) is 2. The van der Waals surface area contributed by atoms with Gasteiger partial charge in [-0.25, -0.2) is 4.68 Å². The molecule has 0 spiro atoms. The van der Waals surface area contributed by atoms with Gasteiger partial charge >= 0.3 is 0 Å². The monoisotopic (exact) mass is 311 g/mol. The second kappa shape index (κ2) is 5.99. The van der Waals surface area contributed by atoms with E-state index in [-0.39, 0.29) is 17.7 Å². The highest BCUT2D eigenvalue weighted by molar-refractivity contribution is 6.09. The molecule has 1 heterocycles. The van der Waals surface area contributed by atoms with Gasteiger partial charge in [0.15, 0.2) is 5.78 Å². The van der Waals surface area contributed by atoms with Gasteiger partial charge in [0.2, 0.25) is 0 Å². The molecule has 1 aliphatic rings. The summed E-state index contributed by atoms with van der Waals surface area (Å²) in [6, 6.07) is 7.44. The molecule has 0 bridgehead atoms. The fraction of sp³-hybridized carbons (Fsp3) is 0.389. The Labute approximate surface area is 135 Å². The number of anilines is 1. The van der Waals surface area contributed by atoms with Crippen molar-refractivity contribution in [2.24, 2.45) is 0 Å². The highest BCUT2D eigenvalue weighted by atomic mass is 16.2. The van der Waals surface area contributed by atoms with Crippen LogP contribution in [0, 0.1) is 6.92 Å². The van der Waals surface area contributed by atoms with E-state index in [1.807, 2.05) is 17.7 Å². The second-order valence-electron chi connectivity index (χ2n) is 6.08. The molecule has 120 valence electrons. The Bertz CT molecular complexity index is 777. The number of carbonyl (C=O) groups excluding carboxylic acids is 2. The normalized spacial score (nSPS) is 14.7. The van der Waals surface area contributed by atoms with Gasteiger partial charge in [-0.15, -0.1) is 0 Å². The van der Waals surface area contributed by atoms with E-state index in [1.165, 1.54) is 0 Å². The minimum absolute atomic E-state index is 0.121. The molecule has 0 saturated heterocycles. The lowest BCUT2D eigenvalue weighted by Crippen LogP contribution is -2.18. The summed E-state index contributed by atoms with van der Waals surface area (Å²) >= 11 is 0. The first-order valence-corrected chi connectivity index (χ1v) is 8.03. The van der Waals surface area contributed by atoms with Crippen molar-refractivity contribution in [3.05, 3.63) is 46.6 Å². The molecule has 23 heavy (non-hydrogen) atoms. The van der Waals surface area contributed by atoms with Crippen LogP contribution in [0.4, 0.5) is 5.82 Å². The summed E-state index contributed by atoms with van der Waals surface area (Å²) in [6.45, 7) is 6.07. The maximum atomic E-state index is 12.7. The van der Waals surface area contributed by atoms with Gasteiger partial charge in [0.1, 0.15) is 5.82 Å². The topological polar surface area (TPSA) is 64.0 Å². The predicted octanol–water partition coefficient (Wildman–Crippen LogP) is 3.54. The van der Waals surface area contributed by atoms with Crippen LogP contribution >= 0.6 is 0 Å². The molecule has 1 aliphatic carbocycles. The first-order chi connectivity index (χ1) is 11.0. The van der Waals surface area contributed by atoms with Gasteiger partial charge in [-0.1, -0.05) is 19.1 Å². The lowest BCUT2D eigenvalue weighted by atomic mass is 10.0. The number of nitrogens with one attached hydrogen (secondary N) is 1. The molecule has 2 aromatic rings. The van der Waals surface area contributed by atoms with E-state index in [9.17, 15) is 9.59 Å². The van der Waals surface area contributed by atoms with Crippen LogP contribution in [-0.4, -0.2) is 21.5 Å². The molecule has 0 saturated carbocycles. The number of carbonyl (C=O) groups is 2. The standard InChI is InChI=1S/C18H21N3O2/c1-4-12(3)21-17(10-11(2)20-21)19-18(23)15-7-5-6-14-13(15)8-9-16(14)22/h5-7,10,12H,4,8-9H2,1-3H3,(H,19,23). The zero-order chi connectivity index (χ0) is 16.6. The van der Waals surface area contributed by atoms with Crippen molar-refractivity contribution in [1.82, 2.24) is 9.78 Å². The third kappa shape index (κ3) is 2.79. The summed E-state index contributed by atoms with van der Waals surface area (Å²) in [4.78, 5) is 24.5. The number of ketones is 1. The lowest BCUT2D eigenvalue weighted by Gasteiger charge is -2.15. The summed E-state index contributed by atoms with van der Waals surface area (Å²) in [5.74, 6) is 0.639. The molecule has 1 N–H and O–H groups in total. The molecule has 1 atom stereocenters. The van der Waals surface area contributed by atoms with Crippen LogP contribution in [0.15, 0.2) is 24.3 Å². The minimum atomic E-state index is -0.180. The Morgan fingerprint density at radius 2 is 2.17 bits per heavy atom. The number of aryl methyl sites for hydroxylation is 1. The van der Waals surface area contributed by atoms with Crippen molar-refractivity contribution < 1.29 is 9.59 Å². The van der Waals surface area contributed by atoms with Gasteiger partial charge in [-0.05, 0) is 38.3 Å². The summed E-state index contributed by atoms with van der Waals surface area (Å²) in [6.07, 6.45) is 2.06. The second-order valence-corrected chi connectivity index (χ2v) is 6.08. The first kappa shape index (κ1) is 15.5. The van der Waals surface area contributed by atoms with E-state index in [0.29, 0.717) is 29.8 Å². The van der Waals surface area contributed by atoms with Crippen LogP contribution < -0.4 is 5.32 Å². The van der Waals surface area contributed by atoms with Crippen molar-refractivity contribution in [2.45, 2.75) is 46.1 Å². The third-order valence-corrected chi connectivity index (χ3v) is 4.43. The Morgan fingerprint density at radius 3 is 2.91 bits per heavy atom. The SMILES string of the molecule is CCC(C)n1nc(C)cc1NC(=O)c1cccc2c1CCC2=O. The highest BCUT2D eigenvalue weighted by Crippen LogP contribution is 2.26. The van der Waals surface area contributed by atoms with E-state index < -0.39 is 0 Å². The summed E-state index contributed by atoms with van der Waals surface area (Å²) in [5, 5.41) is 7.42. The smallest absolute Gasteiger partial charge is 0.257 e. The fourth-order valence-corrected chi connectivity index (χ4v) is 3.01. The quantitative estimate of drug-likeness (QED) is 0.939. The van der Waals surface area contributed by atoms with Crippen molar-refractivity contribution in [1.29, 1.82) is 0 Å². The Morgan fingerprint density at radius 1 is 1.39 bits per heavy atom. The van der Waals surface area contributed by atoms with E-state index in [4.69, 9.17) is 0 Å². The molecule has 1 aromatic heterocycles. The van der Waals surface area contributed by atoms with Crippen molar-refractivity contribution >= 4 is 17.5 Å². The summed E-state index contributed by atoms with van der Waals surface area (Å²) in [5.41, 5.74) is 3.00. The van der Waals surface area contributed by atoms with Crippen LogP contribution in [0.3, 0.4) is 0 Å². The number of aromatic nitrogens is 2. The average Bonchev–Trinajstić information content (AvgIpc) is 3.09. The number of hydrogen-bond donors (Lipinski definition) is 1. The number of benzene rings is 1. The minimum Gasteiger partial charge on any atom is -0.307 e. The zero-order valence-corrected chi connectivity index (χ0v) is 13.7. The first-order valence-electron chi connectivity index (χ1n) is 8.03. The van der Waals surface area contributed by atoms with Crippen molar-refractivity contribution in [3.8, 4) is 0 Å². The van der Waals surface area contributed by atoms with Crippen molar-refractivity contribution in [3.63, 3.8) is 0 Å². The molecular weight excluding hydrogens is 290 g/mol. The van der Waals surface area contributed by atoms with Gasteiger partial charge in [-0.2, -0.15) is 5.10 Å². The third-order valence-electron chi connectivity index (χ3n) is 4.43. The summed E-state index contributed by atoms with van der Waals surface area (Å²) in [7, 11) is 0. The number of hydrogen-bond acceptors (Lipinski definition) is 3. The van der Waals surface area contributed by atoms with Crippen LogP contribution in [0.1, 0.15) is 64.7 Å². The van der Waals surface area contributed by atoms with Crippen LogP contribution in [-0.2, 0) is 6.42 Å². The van der Waals surface area contributed by atoms with Gasteiger partial charge < -0.3 is 5.32 Å². The van der Waals surface area contributed by atoms with E-state index >= 15 is 0 Å². The molecule has 1 amide bonds. The van der Waals surface area contributed by atoms with Crippen LogP contribution in [0.25, 0.3) is 0 Å². The number of amides is 1. The molecular formula is C18H21N3O2. The Kier molecular flexibility index (Phi) is 4.03. The average molecular weight is 311 g/mol. The Balaban J connectivity index is 1.91. The van der Waals surface area contributed by atoms with Gasteiger partial charge in [-0.3, -0.25) is 9.59 Å². The van der Waals surface area contributed by atoms with Crippen molar-refractivity contribution in [2.75, 3.05) is 5.32 Å². The molecule has 1 unspecified atom stereocenters. The molecule has 3 rings (SSSR count). The zero-order valence-electron chi connectivity index (χ0n) is 13.7. The molecule has 5 nitrogen and oxygen atoms in total. The number of fused-ring (bicyclic) bond motifs is 1. The molecule has 0 aliphatic heterocycles. The predicted molar refractivity (Wildman–Crippen MR) is 89.0 cm³/mol. The largest absolute Gasteiger partial charge is 0.307 e. The van der Waals surface area contributed by atoms with Crippen LogP contribution in [0.2, 0.25) is 0 Å². The highest BCUT2D eigenvalue weighted by Gasteiger charge is 2.25. The molecule has 0 fully saturated rings. The maximum Gasteiger partial charge on any atom is 0.257 e.